The molecule has 3 N–H and O–H groups in total. The maximum absolute atomic E-state index is 12.6. The monoisotopic (exact) mass is 378 g/mol. The molecule has 4 rings (SSSR count). The lowest BCUT2D eigenvalue weighted by atomic mass is 10.0. The number of ether oxygens (including phenoxy) is 1. The second kappa shape index (κ2) is 7.38. The van der Waals surface area contributed by atoms with Crippen molar-refractivity contribution in [2.24, 2.45) is 0 Å². The Balaban J connectivity index is 1.54. The number of amides is 1. The van der Waals surface area contributed by atoms with E-state index in [0.29, 0.717) is 12.2 Å². The summed E-state index contributed by atoms with van der Waals surface area (Å²) in [5, 5.41) is 13.3. The van der Waals surface area contributed by atoms with E-state index in [9.17, 15) is 14.7 Å². The second-order valence-corrected chi connectivity index (χ2v) is 6.99. The van der Waals surface area contributed by atoms with Gasteiger partial charge >= 0.3 is 5.97 Å². The third kappa shape index (κ3) is 3.33. The van der Waals surface area contributed by atoms with E-state index in [-0.39, 0.29) is 12.3 Å². The van der Waals surface area contributed by atoms with Crippen LogP contribution in [0.25, 0.3) is 10.9 Å². The van der Waals surface area contributed by atoms with Crippen molar-refractivity contribution in [3.63, 3.8) is 0 Å². The largest absolute Gasteiger partial charge is 0.493 e. The number of fused-ring (bicyclic) bond motifs is 2. The molecule has 0 radical (unpaired) electrons. The highest BCUT2D eigenvalue weighted by atomic mass is 16.5. The molecule has 0 saturated heterocycles. The number of aromatic nitrogens is 1. The number of aromatic amines is 1. The van der Waals surface area contributed by atoms with Crippen LogP contribution in [0.3, 0.4) is 0 Å². The summed E-state index contributed by atoms with van der Waals surface area (Å²) >= 11 is 0. The van der Waals surface area contributed by atoms with Gasteiger partial charge in [-0.15, -0.1) is 0 Å². The van der Waals surface area contributed by atoms with Crippen LogP contribution in [0, 0.1) is 0 Å². The van der Waals surface area contributed by atoms with E-state index in [1.165, 1.54) is 5.56 Å². The highest BCUT2D eigenvalue weighted by molar-refractivity contribution is 5.92. The fourth-order valence-electron chi connectivity index (χ4n) is 3.77. The van der Waals surface area contributed by atoms with Crippen molar-refractivity contribution in [3.8, 4) is 5.75 Å². The van der Waals surface area contributed by atoms with Crippen molar-refractivity contribution in [1.29, 1.82) is 0 Å². The van der Waals surface area contributed by atoms with Gasteiger partial charge in [0, 0.05) is 23.5 Å². The summed E-state index contributed by atoms with van der Waals surface area (Å²) in [6.07, 6.45) is 3.59. The summed E-state index contributed by atoms with van der Waals surface area (Å²) in [5.41, 5.74) is 4.60. The van der Waals surface area contributed by atoms with Crippen molar-refractivity contribution in [2.75, 3.05) is 6.61 Å². The van der Waals surface area contributed by atoms with Crippen LogP contribution in [0.2, 0.25) is 0 Å². The lowest BCUT2D eigenvalue weighted by Gasteiger charge is -2.16. The minimum absolute atomic E-state index is 0.116. The van der Waals surface area contributed by atoms with Crippen LogP contribution >= 0.6 is 0 Å². The fourth-order valence-corrected chi connectivity index (χ4v) is 3.77. The topological polar surface area (TPSA) is 91.4 Å². The number of aryl methyl sites for hydroxylation is 1. The SMILES string of the molecule is CCc1cccc2c(CC(=O)NC(C(=O)O)c3ccc4c(c3)CCO4)c[nH]c12. The maximum atomic E-state index is 12.6. The van der Waals surface area contributed by atoms with Gasteiger partial charge in [0.25, 0.3) is 0 Å². The van der Waals surface area contributed by atoms with Gasteiger partial charge in [-0.2, -0.15) is 0 Å². The minimum Gasteiger partial charge on any atom is -0.493 e. The van der Waals surface area contributed by atoms with Gasteiger partial charge in [0.15, 0.2) is 6.04 Å². The molecule has 1 unspecified atom stereocenters. The van der Waals surface area contributed by atoms with Crippen molar-refractivity contribution in [1.82, 2.24) is 10.3 Å². The second-order valence-electron chi connectivity index (χ2n) is 6.99. The normalized spacial score (nSPS) is 13.8. The Morgan fingerprint density at radius 1 is 1.25 bits per heavy atom. The first-order chi connectivity index (χ1) is 13.6. The molecule has 1 atom stereocenters. The first kappa shape index (κ1) is 18.1. The molecular formula is C22H22N2O4. The summed E-state index contributed by atoms with van der Waals surface area (Å²) in [6.45, 7) is 2.68. The zero-order valence-electron chi connectivity index (χ0n) is 15.6. The summed E-state index contributed by atoms with van der Waals surface area (Å²) in [7, 11) is 0. The predicted octanol–water partition coefficient (Wildman–Crippen LogP) is 3.15. The first-order valence-corrected chi connectivity index (χ1v) is 9.42. The van der Waals surface area contributed by atoms with Crippen LogP contribution in [-0.4, -0.2) is 28.6 Å². The molecule has 2 aromatic carbocycles. The lowest BCUT2D eigenvalue weighted by molar-refractivity contribution is -0.141. The molecule has 2 heterocycles. The quantitative estimate of drug-likeness (QED) is 0.614. The standard InChI is InChI=1S/C22H22N2O4/c1-2-13-4-3-5-17-16(12-23-20(13)17)11-19(25)24-21(22(26)27)15-6-7-18-14(10-15)8-9-28-18/h3-7,10,12,21,23H,2,8-9,11H2,1H3,(H,24,25)(H,26,27). The molecule has 0 fully saturated rings. The number of aliphatic carboxylic acids is 1. The maximum Gasteiger partial charge on any atom is 0.330 e. The molecule has 6 heteroatoms. The van der Waals surface area contributed by atoms with Crippen molar-refractivity contribution < 1.29 is 19.4 Å². The Labute approximate surface area is 162 Å². The molecule has 28 heavy (non-hydrogen) atoms. The molecule has 1 amide bonds. The van der Waals surface area contributed by atoms with E-state index in [4.69, 9.17) is 4.74 Å². The van der Waals surface area contributed by atoms with Gasteiger partial charge in [-0.05, 0) is 40.8 Å². The molecule has 144 valence electrons. The molecule has 3 aromatic rings. The molecule has 1 aliphatic heterocycles. The number of hydrogen-bond acceptors (Lipinski definition) is 3. The van der Waals surface area contributed by atoms with Crippen LogP contribution in [0.1, 0.15) is 35.2 Å². The minimum atomic E-state index is -1.09. The van der Waals surface area contributed by atoms with Crippen LogP contribution in [0.5, 0.6) is 5.75 Å². The highest BCUT2D eigenvalue weighted by Crippen LogP contribution is 2.28. The van der Waals surface area contributed by atoms with Gasteiger partial charge in [-0.1, -0.05) is 31.2 Å². The zero-order valence-corrected chi connectivity index (χ0v) is 15.6. The Morgan fingerprint density at radius 3 is 2.89 bits per heavy atom. The molecule has 1 aliphatic rings. The third-order valence-corrected chi connectivity index (χ3v) is 5.22. The molecule has 1 aromatic heterocycles. The molecule has 0 bridgehead atoms. The number of benzene rings is 2. The van der Waals surface area contributed by atoms with E-state index in [2.05, 4.69) is 23.3 Å². The number of rotatable bonds is 6. The summed E-state index contributed by atoms with van der Waals surface area (Å²) < 4.78 is 5.47. The van der Waals surface area contributed by atoms with E-state index < -0.39 is 12.0 Å². The van der Waals surface area contributed by atoms with Crippen molar-refractivity contribution in [3.05, 3.63) is 64.8 Å². The molecule has 0 saturated carbocycles. The van der Waals surface area contributed by atoms with Gasteiger partial charge in [-0.3, -0.25) is 4.79 Å². The van der Waals surface area contributed by atoms with E-state index in [1.807, 2.05) is 18.3 Å². The Bertz CT molecular complexity index is 1050. The summed E-state index contributed by atoms with van der Waals surface area (Å²) in [5.74, 6) is -0.629. The number of H-pyrrole nitrogens is 1. The molecule has 6 nitrogen and oxygen atoms in total. The fraction of sp³-hybridized carbons (Fsp3) is 0.273. The van der Waals surface area contributed by atoms with E-state index in [1.54, 1.807) is 18.2 Å². The number of carboxylic acid groups (broad SMARTS) is 1. The molecule has 0 spiro atoms. The van der Waals surface area contributed by atoms with Crippen molar-refractivity contribution in [2.45, 2.75) is 32.2 Å². The number of carboxylic acids is 1. The summed E-state index contributed by atoms with van der Waals surface area (Å²) in [6, 6.07) is 10.2. The average molecular weight is 378 g/mol. The van der Waals surface area contributed by atoms with Crippen LogP contribution < -0.4 is 10.1 Å². The van der Waals surface area contributed by atoms with Crippen molar-refractivity contribution >= 4 is 22.8 Å². The number of hydrogen-bond donors (Lipinski definition) is 3. The van der Waals surface area contributed by atoms with Crippen LogP contribution in [-0.2, 0) is 28.9 Å². The molecular weight excluding hydrogens is 356 g/mol. The van der Waals surface area contributed by atoms with Gasteiger partial charge in [0.2, 0.25) is 5.91 Å². The lowest BCUT2D eigenvalue weighted by Crippen LogP contribution is -2.34. The Morgan fingerprint density at radius 2 is 2.11 bits per heavy atom. The highest BCUT2D eigenvalue weighted by Gasteiger charge is 2.24. The van der Waals surface area contributed by atoms with Crippen LogP contribution in [0.15, 0.2) is 42.6 Å². The number of nitrogens with one attached hydrogen (secondary N) is 2. The Kier molecular flexibility index (Phi) is 4.77. The van der Waals surface area contributed by atoms with Gasteiger partial charge in [0.05, 0.1) is 13.0 Å². The predicted molar refractivity (Wildman–Crippen MR) is 106 cm³/mol. The van der Waals surface area contributed by atoms with E-state index in [0.717, 1.165) is 40.6 Å². The smallest absolute Gasteiger partial charge is 0.330 e. The molecule has 0 aliphatic carbocycles. The van der Waals surface area contributed by atoms with Gasteiger partial charge in [-0.25, -0.2) is 4.79 Å². The third-order valence-electron chi connectivity index (χ3n) is 5.22. The zero-order chi connectivity index (χ0) is 19.7. The van der Waals surface area contributed by atoms with E-state index >= 15 is 0 Å². The van der Waals surface area contributed by atoms with Gasteiger partial charge < -0.3 is 20.1 Å². The average Bonchev–Trinajstić information content (AvgIpc) is 3.32. The number of carbonyl (C=O) groups is 2. The number of para-hydroxylation sites is 1. The van der Waals surface area contributed by atoms with Crippen LogP contribution in [0.4, 0.5) is 0 Å². The first-order valence-electron chi connectivity index (χ1n) is 9.42. The van der Waals surface area contributed by atoms with Gasteiger partial charge in [0.1, 0.15) is 5.75 Å². The number of carbonyl (C=O) groups excluding carboxylic acids is 1. The Hall–Kier alpha value is -3.28. The summed E-state index contributed by atoms with van der Waals surface area (Å²) in [4.78, 5) is 27.6.